The van der Waals surface area contributed by atoms with E-state index in [4.69, 9.17) is 0 Å². The molecule has 0 saturated heterocycles. The number of alkyl halides is 5. The Morgan fingerprint density at radius 3 is 2.00 bits per heavy atom. The van der Waals surface area contributed by atoms with E-state index in [2.05, 4.69) is 4.74 Å². The highest BCUT2D eigenvalue weighted by atomic mass is 19.4. The van der Waals surface area contributed by atoms with Crippen LogP contribution in [0.15, 0.2) is 0 Å². The fraction of sp³-hybridized carbons (Fsp3) is 0.667. The summed E-state index contributed by atoms with van der Waals surface area (Å²) >= 11 is 0. The Hall–Kier alpha value is -1.41. The summed E-state index contributed by atoms with van der Waals surface area (Å²) in [5.74, 6) is -9.26. The molecule has 9 heteroatoms. The van der Waals surface area contributed by atoms with Crippen molar-refractivity contribution in [1.29, 1.82) is 0 Å². The van der Waals surface area contributed by atoms with Crippen LogP contribution in [0.1, 0.15) is 0 Å². The van der Waals surface area contributed by atoms with Crippen molar-refractivity contribution >= 4 is 11.9 Å². The predicted molar refractivity (Wildman–Crippen MR) is 36.0 cm³/mol. The van der Waals surface area contributed by atoms with E-state index in [0.717, 1.165) is 12.4 Å². The van der Waals surface area contributed by atoms with Gasteiger partial charge in [-0.15, -0.1) is 0 Å². The molecule has 1 N–H and O–H groups in total. The van der Waals surface area contributed by atoms with E-state index in [-0.39, 0.29) is 0 Å². The van der Waals surface area contributed by atoms with Crippen molar-refractivity contribution < 1.29 is 36.3 Å². The van der Waals surface area contributed by atoms with Crippen LogP contribution in [0.5, 0.6) is 0 Å². The highest BCUT2D eigenvalue weighted by molar-refractivity contribution is 5.87. The molecule has 0 spiro atoms. The standard InChI is InChI=1S/C6H6F5NO3/c1-15-3(13)2-12-4(14)5(7,8)6(9,10)11/h2H2,1H3,(H,12,14). The highest BCUT2D eigenvalue weighted by Gasteiger charge is 2.63. The fourth-order valence-electron chi connectivity index (χ4n) is 0.464. The minimum Gasteiger partial charge on any atom is -0.468 e. The Kier molecular flexibility index (Phi) is 3.99. The lowest BCUT2D eigenvalue weighted by molar-refractivity contribution is -0.269. The lowest BCUT2D eigenvalue weighted by atomic mass is 10.3. The van der Waals surface area contributed by atoms with Crippen molar-refractivity contribution in [2.45, 2.75) is 12.1 Å². The fourth-order valence-corrected chi connectivity index (χ4v) is 0.464. The first kappa shape index (κ1) is 13.6. The van der Waals surface area contributed by atoms with Crippen LogP contribution in [0.4, 0.5) is 22.0 Å². The Balaban J connectivity index is 4.40. The van der Waals surface area contributed by atoms with Crippen molar-refractivity contribution in [2.75, 3.05) is 13.7 Å². The van der Waals surface area contributed by atoms with Gasteiger partial charge in [-0.2, -0.15) is 22.0 Å². The molecule has 1 amide bonds. The molecule has 0 aromatic heterocycles. The number of carbonyl (C=O) groups excluding carboxylic acids is 2. The number of esters is 1. The van der Waals surface area contributed by atoms with Crippen LogP contribution in [0.3, 0.4) is 0 Å². The van der Waals surface area contributed by atoms with Gasteiger partial charge in [0.1, 0.15) is 6.54 Å². The number of carbonyl (C=O) groups is 2. The summed E-state index contributed by atoms with van der Waals surface area (Å²) in [6.07, 6.45) is -5.99. The van der Waals surface area contributed by atoms with Crippen LogP contribution in [0.25, 0.3) is 0 Å². The summed E-state index contributed by atoms with van der Waals surface area (Å²) in [6.45, 7) is -1.05. The minimum atomic E-state index is -5.99. The summed E-state index contributed by atoms with van der Waals surface area (Å²) in [5, 5.41) is 1.10. The Bertz CT molecular complexity index is 262. The summed E-state index contributed by atoms with van der Waals surface area (Å²) in [7, 11) is 0.885. The van der Waals surface area contributed by atoms with Crippen LogP contribution >= 0.6 is 0 Å². The van der Waals surface area contributed by atoms with Gasteiger partial charge in [0.25, 0.3) is 0 Å². The smallest absolute Gasteiger partial charge is 0.463 e. The first-order valence-electron chi connectivity index (χ1n) is 3.42. The lowest BCUT2D eigenvalue weighted by Crippen LogP contribution is -2.51. The van der Waals surface area contributed by atoms with Crippen molar-refractivity contribution in [2.24, 2.45) is 0 Å². The van der Waals surface area contributed by atoms with Crippen LogP contribution in [0, 0.1) is 0 Å². The average Bonchev–Trinajstić information content (AvgIpc) is 2.11. The molecular weight excluding hydrogens is 229 g/mol. The summed E-state index contributed by atoms with van der Waals surface area (Å²) in [5.41, 5.74) is 0. The van der Waals surface area contributed by atoms with E-state index in [9.17, 15) is 31.5 Å². The van der Waals surface area contributed by atoms with Gasteiger partial charge in [0.15, 0.2) is 0 Å². The third kappa shape index (κ3) is 3.33. The second-order valence-corrected chi connectivity index (χ2v) is 2.33. The molecule has 0 rings (SSSR count). The predicted octanol–water partition coefficient (Wildman–Crippen LogP) is 0.473. The largest absolute Gasteiger partial charge is 0.468 e. The van der Waals surface area contributed by atoms with E-state index >= 15 is 0 Å². The zero-order valence-electron chi connectivity index (χ0n) is 7.32. The number of rotatable bonds is 3. The van der Waals surface area contributed by atoms with Gasteiger partial charge in [0, 0.05) is 0 Å². The molecule has 88 valence electrons. The Morgan fingerprint density at radius 2 is 1.67 bits per heavy atom. The first-order chi connectivity index (χ1) is 6.63. The average molecular weight is 235 g/mol. The number of hydrogen-bond acceptors (Lipinski definition) is 3. The minimum absolute atomic E-state index is 0.885. The molecule has 0 aromatic carbocycles. The van der Waals surface area contributed by atoms with Gasteiger partial charge in [0.05, 0.1) is 7.11 Å². The van der Waals surface area contributed by atoms with Gasteiger partial charge in [-0.1, -0.05) is 0 Å². The molecular formula is C6H6F5NO3. The van der Waals surface area contributed by atoms with Crippen molar-refractivity contribution in [3.63, 3.8) is 0 Å². The molecule has 0 aliphatic carbocycles. The lowest BCUT2D eigenvalue weighted by Gasteiger charge is -2.18. The maximum atomic E-state index is 12.2. The Labute approximate surface area is 80.4 Å². The number of halogens is 5. The molecule has 4 nitrogen and oxygen atoms in total. The molecule has 0 radical (unpaired) electrons. The van der Waals surface area contributed by atoms with Crippen LogP contribution in [-0.4, -0.2) is 37.6 Å². The maximum absolute atomic E-state index is 12.2. The van der Waals surface area contributed by atoms with Gasteiger partial charge in [-0.05, 0) is 0 Å². The quantitative estimate of drug-likeness (QED) is 0.571. The zero-order chi connectivity index (χ0) is 12.3. The normalized spacial score (nSPS) is 12.1. The van der Waals surface area contributed by atoms with Crippen molar-refractivity contribution in [1.82, 2.24) is 5.32 Å². The second kappa shape index (κ2) is 4.41. The van der Waals surface area contributed by atoms with Crippen molar-refractivity contribution in [3.8, 4) is 0 Å². The van der Waals surface area contributed by atoms with E-state index < -0.39 is 30.5 Å². The first-order valence-corrected chi connectivity index (χ1v) is 3.42. The monoisotopic (exact) mass is 235 g/mol. The van der Waals surface area contributed by atoms with Gasteiger partial charge < -0.3 is 10.1 Å². The molecule has 0 saturated carbocycles. The molecule has 0 aliphatic rings. The number of ether oxygens (including phenoxy) is 1. The van der Waals surface area contributed by atoms with Crippen LogP contribution in [-0.2, 0) is 14.3 Å². The van der Waals surface area contributed by atoms with Crippen LogP contribution < -0.4 is 5.32 Å². The molecule has 0 aromatic rings. The number of nitrogens with one attached hydrogen (secondary N) is 1. The third-order valence-corrected chi connectivity index (χ3v) is 1.26. The van der Waals surface area contributed by atoms with Gasteiger partial charge >= 0.3 is 24.0 Å². The van der Waals surface area contributed by atoms with Gasteiger partial charge in [-0.25, -0.2) is 0 Å². The molecule has 0 aliphatic heterocycles. The summed E-state index contributed by atoms with van der Waals surface area (Å²) in [6, 6.07) is 0. The Morgan fingerprint density at radius 1 is 1.20 bits per heavy atom. The second-order valence-electron chi connectivity index (χ2n) is 2.33. The maximum Gasteiger partial charge on any atom is 0.463 e. The zero-order valence-corrected chi connectivity index (χ0v) is 7.32. The molecule has 0 bridgehead atoms. The van der Waals surface area contributed by atoms with Crippen LogP contribution in [0.2, 0.25) is 0 Å². The molecule has 0 heterocycles. The third-order valence-electron chi connectivity index (χ3n) is 1.26. The summed E-state index contributed by atoms with van der Waals surface area (Å²) in [4.78, 5) is 20.7. The van der Waals surface area contributed by atoms with Crippen molar-refractivity contribution in [3.05, 3.63) is 0 Å². The summed E-state index contributed by atoms with van der Waals surface area (Å²) < 4.78 is 63.0. The SMILES string of the molecule is COC(=O)CNC(=O)C(F)(F)C(F)(F)F. The topological polar surface area (TPSA) is 55.4 Å². The molecule has 0 fully saturated rings. The number of methoxy groups -OCH3 is 1. The van der Waals surface area contributed by atoms with E-state index in [1.165, 1.54) is 0 Å². The number of amides is 1. The van der Waals surface area contributed by atoms with Gasteiger partial charge in [-0.3, -0.25) is 9.59 Å². The number of hydrogen-bond donors (Lipinski definition) is 1. The molecule has 15 heavy (non-hydrogen) atoms. The van der Waals surface area contributed by atoms with E-state index in [1.54, 1.807) is 0 Å². The van der Waals surface area contributed by atoms with E-state index in [0.29, 0.717) is 0 Å². The highest BCUT2D eigenvalue weighted by Crippen LogP contribution is 2.35. The van der Waals surface area contributed by atoms with Gasteiger partial charge in [0.2, 0.25) is 0 Å². The van der Waals surface area contributed by atoms with E-state index in [1.807, 2.05) is 0 Å². The molecule has 0 unspecified atom stereocenters. The molecule has 0 atom stereocenters.